The van der Waals surface area contributed by atoms with Crippen molar-refractivity contribution in [2.75, 3.05) is 33.3 Å². The molecule has 1 aliphatic heterocycles. The second kappa shape index (κ2) is 7.82. The van der Waals surface area contributed by atoms with Crippen molar-refractivity contribution >= 4 is 5.91 Å². The van der Waals surface area contributed by atoms with Gasteiger partial charge in [0, 0.05) is 32.6 Å². The maximum absolute atomic E-state index is 11.4. The lowest BCUT2D eigenvalue weighted by atomic mass is 9.91. The molecule has 1 aliphatic carbocycles. The van der Waals surface area contributed by atoms with Crippen molar-refractivity contribution in [2.24, 2.45) is 11.8 Å². The first-order chi connectivity index (χ1) is 10.5. The minimum Gasteiger partial charge on any atom is -0.493 e. The van der Waals surface area contributed by atoms with Crippen LogP contribution in [0.5, 0.6) is 0 Å². The number of likely N-dealkylation sites (tertiary alicyclic amines) is 1. The number of allylic oxidation sites excluding steroid dienone is 3. The number of carbonyl (C=O) groups excluding carboxylic acids is 1. The molecule has 124 valence electrons. The molecule has 0 aromatic heterocycles. The lowest BCUT2D eigenvalue weighted by Crippen LogP contribution is -2.45. The molecule has 1 heterocycles. The highest BCUT2D eigenvalue weighted by atomic mass is 16.5. The lowest BCUT2D eigenvalue weighted by Gasteiger charge is -2.36. The molecule has 0 spiro atoms. The summed E-state index contributed by atoms with van der Waals surface area (Å²) < 4.78 is 5.89. The molecule has 0 N–H and O–H groups in total. The van der Waals surface area contributed by atoms with E-state index in [1.165, 1.54) is 0 Å². The Bertz CT molecular complexity index is 436. The molecule has 0 aromatic rings. The van der Waals surface area contributed by atoms with Crippen LogP contribution in [0.1, 0.15) is 33.6 Å². The van der Waals surface area contributed by atoms with Gasteiger partial charge in [0.2, 0.25) is 5.91 Å². The summed E-state index contributed by atoms with van der Waals surface area (Å²) in [6, 6.07) is 0.564. The van der Waals surface area contributed by atoms with E-state index in [2.05, 4.69) is 44.0 Å². The summed E-state index contributed by atoms with van der Waals surface area (Å²) in [5.41, 5.74) is 0. The maximum Gasteiger partial charge on any atom is 0.219 e. The molecule has 0 radical (unpaired) electrons. The van der Waals surface area contributed by atoms with Gasteiger partial charge in [0.1, 0.15) is 12.4 Å². The fourth-order valence-electron chi connectivity index (χ4n) is 3.10. The highest BCUT2D eigenvalue weighted by Gasteiger charge is 2.23. The summed E-state index contributed by atoms with van der Waals surface area (Å²) in [5, 5.41) is 0. The van der Waals surface area contributed by atoms with Gasteiger partial charge in [-0.3, -0.25) is 9.69 Å². The van der Waals surface area contributed by atoms with Crippen LogP contribution in [0.25, 0.3) is 0 Å². The van der Waals surface area contributed by atoms with Crippen LogP contribution >= 0.6 is 0 Å². The summed E-state index contributed by atoms with van der Waals surface area (Å²) >= 11 is 0. The average molecular weight is 306 g/mol. The van der Waals surface area contributed by atoms with Crippen LogP contribution in [0.4, 0.5) is 0 Å². The third kappa shape index (κ3) is 4.60. The number of rotatable bonds is 5. The van der Waals surface area contributed by atoms with Crippen molar-refractivity contribution in [1.82, 2.24) is 9.80 Å². The van der Waals surface area contributed by atoms with Crippen molar-refractivity contribution < 1.29 is 9.53 Å². The molecule has 2 rings (SSSR count). The number of carbonyl (C=O) groups is 1. The minimum atomic E-state index is 0.198. The van der Waals surface area contributed by atoms with Crippen LogP contribution in [0, 0.1) is 11.8 Å². The molecule has 1 fully saturated rings. The molecule has 4 heteroatoms. The molecule has 2 aliphatic rings. The fraction of sp³-hybridized carbons (Fsp3) is 0.722. The monoisotopic (exact) mass is 306 g/mol. The van der Waals surface area contributed by atoms with Gasteiger partial charge in [-0.15, -0.1) is 0 Å². The van der Waals surface area contributed by atoms with E-state index in [1.54, 1.807) is 6.92 Å². The largest absolute Gasteiger partial charge is 0.493 e. The Labute approximate surface area is 134 Å². The van der Waals surface area contributed by atoms with Gasteiger partial charge in [-0.2, -0.15) is 0 Å². The number of piperidine rings is 1. The number of hydrogen-bond donors (Lipinski definition) is 0. The Morgan fingerprint density at radius 1 is 1.32 bits per heavy atom. The Kier molecular flexibility index (Phi) is 6.07. The second-order valence-electron chi connectivity index (χ2n) is 6.71. The van der Waals surface area contributed by atoms with Crippen LogP contribution in [0.3, 0.4) is 0 Å². The Balaban J connectivity index is 1.68. The van der Waals surface area contributed by atoms with Crippen LogP contribution in [-0.2, 0) is 9.53 Å². The van der Waals surface area contributed by atoms with Crippen molar-refractivity contribution in [3.05, 3.63) is 24.0 Å². The van der Waals surface area contributed by atoms with E-state index >= 15 is 0 Å². The molecular formula is C18H30N2O2. The number of nitrogens with zero attached hydrogens (tertiary/aromatic N) is 2. The fourth-order valence-corrected chi connectivity index (χ4v) is 3.10. The molecule has 0 aromatic carbocycles. The number of likely N-dealkylation sites (N-methyl/N-ethyl adjacent to an activating group) is 1. The number of amides is 1. The molecule has 0 saturated carbocycles. The van der Waals surface area contributed by atoms with Crippen LogP contribution in [0.2, 0.25) is 0 Å². The normalized spacial score (nSPS) is 26.2. The lowest BCUT2D eigenvalue weighted by molar-refractivity contribution is -0.130. The zero-order valence-electron chi connectivity index (χ0n) is 14.4. The second-order valence-corrected chi connectivity index (χ2v) is 6.71. The molecular weight excluding hydrogens is 276 g/mol. The standard InChI is InChI=1S/C18H30N2O2/c1-14-5-6-18(13-15(14)2)22-12-11-19(4)17-7-9-20(10-8-17)16(3)21/h5-6,13-15,17H,7-12H2,1-4H3. The van der Waals surface area contributed by atoms with E-state index in [4.69, 9.17) is 4.74 Å². The first kappa shape index (κ1) is 17.1. The summed E-state index contributed by atoms with van der Waals surface area (Å²) in [5.74, 6) is 2.35. The van der Waals surface area contributed by atoms with E-state index in [1.807, 2.05) is 4.90 Å². The quantitative estimate of drug-likeness (QED) is 0.783. The van der Waals surface area contributed by atoms with Gasteiger partial charge in [0.15, 0.2) is 0 Å². The molecule has 0 bridgehead atoms. The topological polar surface area (TPSA) is 32.8 Å². The number of ether oxygens (including phenoxy) is 1. The zero-order chi connectivity index (χ0) is 16.1. The third-order valence-corrected chi connectivity index (χ3v) is 5.07. The van der Waals surface area contributed by atoms with Crippen LogP contribution in [-0.4, -0.2) is 55.0 Å². The van der Waals surface area contributed by atoms with E-state index in [9.17, 15) is 4.79 Å². The average Bonchev–Trinajstić information content (AvgIpc) is 2.51. The van der Waals surface area contributed by atoms with Crippen LogP contribution < -0.4 is 0 Å². The predicted octanol–water partition coefficient (Wildman–Crippen LogP) is 2.67. The molecule has 1 amide bonds. The summed E-state index contributed by atoms with van der Waals surface area (Å²) in [7, 11) is 2.16. The van der Waals surface area contributed by atoms with E-state index in [0.717, 1.165) is 44.8 Å². The Morgan fingerprint density at radius 3 is 2.59 bits per heavy atom. The molecule has 2 atom stereocenters. The predicted molar refractivity (Wildman–Crippen MR) is 89.4 cm³/mol. The zero-order valence-corrected chi connectivity index (χ0v) is 14.4. The molecule has 22 heavy (non-hydrogen) atoms. The SMILES string of the molecule is CC(=O)N1CCC(N(C)CCOC2=CC(C)C(C)C=C2)CC1. The Morgan fingerprint density at radius 2 is 2.00 bits per heavy atom. The van der Waals surface area contributed by atoms with Crippen molar-refractivity contribution in [1.29, 1.82) is 0 Å². The summed E-state index contributed by atoms with van der Waals surface area (Å²) in [6.07, 6.45) is 8.66. The number of hydrogen-bond acceptors (Lipinski definition) is 3. The smallest absolute Gasteiger partial charge is 0.219 e. The Hall–Kier alpha value is -1.29. The highest BCUT2D eigenvalue weighted by Crippen LogP contribution is 2.22. The van der Waals surface area contributed by atoms with E-state index in [-0.39, 0.29) is 5.91 Å². The van der Waals surface area contributed by atoms with E-state index in [0.29, 0.717) is 17.9 Å². The summed E-state index contributed by atoms with van der Waals surface area (Å²) in [6.45, 7) is 9.54. The first-order valence-electron chi connectivity index (χ1n) is 8.46. The highest BCUT2D eigenvalue weighted by molar-refractivity contribution is 5.73. The van der Waals surface area contributed by atoms with Gasteiger partial charge in [-0.25, -0.2) is 0 Å². The maximum atomic E-state index is 11.4. The first-order valence-corrected chi connectivity index (χ1v) is 8.46. The van der Waals surface area contributed by atoms with Gasteiger partial charge >= 0.3 is 0 Å². The third-order valence-electron chi connectivity index (χ3n) is 5.07. The van der Waals surface area contributed by atoms with Crippen molar-refractivity contribution in [3.8, 4) is 0 Å². The van der Waals surface area contributed by atoms with Gasteiger partial charge in [-0.05, 0) is 43.9 Å². The molecule has 1 saturated heterocycles. The van der Waals surface area contributed by atoms with Gasteiger partial charge < -0.3 is 9.64 Å². The molecule has 2 unspecified atom stereocenters. The summed E-state index contributed by atoms with van der Waals surface area (Å²) in [4.78, 5) is 15.7. The van der Waals surface area contributed by atoms with Crippen molar-refractivity contribution in [3.63, 3.8) is 0 Å². The molecule has 4 nitrogen and oxygen atoms in total. The van der Waals surface area contributed by atoms with E-state index < -0.39 is 0 Å². The van der Waals surface area contributed by atoms with Gasteiger partial charge in [-0.1, -0.05) is 19.9 Å². The van der Waals surface area contributed by atoms with Gasteiger partial charge in [0.05, 0.1) is 0 Å². The van der Waals surface area contributed by atoms with Crippen LogP contribution in [0.15, 0.2) is 24.0 Å². The minimum absolute atomic E-state index is 0.198. The van der Waals surface area contributed by atoms with Gasteiger partial charge in [0.25, 0.3) is 0 Å². The van der Waals surface area contributed by atoms with Crippen molar-refractivity contribution in [2.45, 2.75) is 39.7 Å².